The fraction of sp³-hybridized carbons (Fsp3) is 0.423. The molecule has 33 heavy (non-hydrogen) atoms. The molecule has 2 aromatic rings. The van der Waals surface area contributed by atoms with Crippen LogP contribution >= 0.6 is 0 Å². The Labute approximate surface area is 193 Å². The van der Waals surface area contributed by atoms with Crippen molar-refractivity contribution in [3.05, 3.63) is 59.7 Å². The maximum Gasteiger partial charge on any atom is 0.407 e. The van der Waals surface area contributed by atoms with E-state index in [1.54, 1.807) is 6.92 Å². The Balaban J connectivity index is 1.39. The highest BCUT2D eigenvalue weighted by molar-refractivity contribution is 5.85. The van der Waals surface area contributed by atoms with Gasteiger partial charge in [0.1, 0.15) is 6.61 Å². The highest BCUT2D eigenvalue weighted by Crippen LogP contribution is 2.44. The lowest BCUT2D eigenvalue weighted by atomic mass is 9.83. The third-order valence-corrected chi connectivity index (χ3v) is 6.97. The van der Waals surface area contributed by atoms with Crippen LogP contribution in [0.4, 0.5) is 4.79 Å². The molecular formula is C26H30N2O5. The Bertz CT molecular complexity index is 1020. The number of hydrogen-bond acceptors (Lipinski definition) is 4. The number of amides is 2. The number of rotatable bonds is 7. The molecule has 2 aliphatic carbocycles. The summed E-state index contributed by atoms with van der Waals surface area (Å²) in [6.45, 7) is 3.70. The van der Waals surface area contributed by atoms with Crippen LogP contribution in [0.15, 0.2) is 48.5 Å². The van der Waals surface area contributed by atoms with Crippen LogP contribution in [0, 0.1) is 5.41 Å². The number of carboxylic acids is 1. The van der Waals surface area contributed by atoms with E-state index < -0.39 is 23.5 Å². The van der Waals surface area contributed by atoms with Gasteiger partial charge in [0.15, 0.2) is 0 Å². The predicted octanol–water partition coefficient (Wildman–Crippen LogP) is 4.06. The van der Waals surface area contributed by atoms with E-state index in [1.807, 2.05) is 31.2 Å². The summed E-state index contributed by atoms with van der Waals surface area (Å²) in [6.07, 6.45) is 1.40. The largest absolute Gasteiger partial charge is 0.481 e. The van der Waals surface area contributed by atoms with Gasteiger partial charge in [0.2, 0.25) is 5.91 Å². The number of nitrogens with one attached hydrogen (secondary N) is 2. The van der Waals surface area contributed by atoms with E-state index in [4.69, 9.17) is 9.84 Å². The number of carboxylic acid groups (broad SMARTS) is 1. The van der Waals surface area contributed by atoms with E-state index in [9.17, 15) is 14.4 Å². The second kappa shape index (κ2) is 9.25. The Morgan fingerprint density at radius 2 is 1.70 bits per heavy atom. The van der Waals surface area contributed by atoms with Crippen LogP contribution in [0.5, 0.6) is 0 Å². The van der Waals surface area contributed by atoms with Gasteiger partial charge in [0.05, 0.1) is 11.8 Å². The molecule has 2 amide bonds. The van der Waals surface area contributed by atoms with E-state index in [2.05, 4.69) is 34.9 Å². The number of benzene rings is 2. The molecule has 0 aliphatic heterocycles. The van der Waals surface area contributed by atoms with Gasteiger partial charge in [-0.25, -0.2) is 4.79 Å². The lowest BCUT2D eigenvalue weighted by molar-refractivity contribution is -0.138. The Morgan fingerprint density at radius 1 is 1.09 bits per heavy atom. The zero-order chi connectivity index (χ0) is 23.6. The van der Waals surface area contributed by atoms with Crippen molar-refractivity contribution in [1.82, 2.24) is 10.6 Å². The van der Waals surface area contributed by atoms with Crippen molar-refractivity contribution in [2.75, 3.05) is 6.61 Å². The molecule has 0 spiro atoms. The minimum atomic E-state index is -0.965. The second-order valence-corrected chi connectivity index (χ2v) is 9.30. The van der Waals surface area contributed by atoms with E-state index in [0.29, 0.717) is 12.8 Å². The second-order valence-electron chi connectivity index (χ2n) is 9.30. The molecule has 1 saturated carbocycles. The first-order valence-electron chi connectivity index (χ1n) is 11.4. The average Bonchev–Trinajstić information content (AvgIpc) is 3.30. The molecule has 7 heteroatoms. The van der Waals surface area contributed by atoms with Crippen LogP contribution in [-0.4, -0.2) is 41.8 Å². The lowest BCUT2D eigenvalue weighted by Gasteiger charge is -2.31. The summed E-state index contributed by atoms with van der Waals surface area (Å²) in [7, 11) is 0. The molecule has 2 aromatic carbocycles. The summed E-state index contributed by atoms with van der Waals surface area (Å²) in [5, 5.41) is 14.6. The van der Waals surface area contributed by atoms with Crippen molar-refractivity contribution < 1.29 is 24.2 Å². The number of aliphatic carboxylic acids is 1. The number of hydrogen-bond donors (Lipinski definition) is 3. The van der Waals surface area contributed by atoms with Gasteiger partial charge >= 0.3 is 12.1 Å². The quantitative estimate of drug-likeness (QED) is 0.590. The third-order valence-electron chi connectivity index (χ3n) is 6.97. The van der Waals surface area contributed by atoms with Crippen molar-refractivity contribution in [2.24, 2.45) is 5.41 Å². The van der Waals surface area contributed by atoms with Gasteiger partial charge in [-0.05, 0) is 48.9 Å². The molecule has 4 rings (SSSR count). The van der Waals surface area contributed by atoms with E-state index in [1.165, 1.54) is 0 Å². The molecule has 0 aromatic heterocycles. The number of ether oxygens (including phenoxy) is 1. The maximum atomic E-state index is 12.9. The molecule has 3 unspecified atom stereocenters. The summed E-state index contributed by atoms with van der Waals surface area (Å²) in [4.78, 5) is 36.5. The standard InChI is InChI=1S/C26H30N2O5/c1-16(14-23(29)30)27-24(31)26(2)13-7-12-22(26)28-25(32)33-15-21-19-10-5-3-8-17(19)18-9-4-6-11-20(18)21/h3-6,8-11,16,21-22H,7,12-15H2,1-2H3,(H,27,31)(H,28,32)(H,29,30). The number of carbonyl (C=O) groups excluding carboxylic acids is 2. The van der Waals surface area contributed by atoms with E-state index in [0.717, 1.165) is 28.7 Å². The summed E-state index contributed by atoms with van der Waals surface area (Å²) < 4.78 is 5.65. The van der Waals surface area contributed by atoms with Gasteiger partial charge in [-0.3, -0.25) is 9.59 Å². The molecule has 2 aliphatic rings. The van der Waals surface area contributed by atoms with Gasteiger partial charge in [0.25, 0.3) is 0 Å². The average molecular weight is 451 g/mol. The molecule has 1 fully saturated rings. The van der Waals surface area contributed by atoms with Crippen LogP contribution in [-0.2, 0) is 14.3 Å². The Kier molecular flexibility index (Phi) is 6.40. The summed E-state index contributed by atoms with van der Waals surface area (Å²) in [5.74, 6) is -1.23. The molecule has 174 valence electrons. The molecule has 0 saturated heterocycles. The molecule has 0 bridgehead atoms. The maximum absolute atomic E-state index is 12.9. The Hall–Kier alpha value is -3.35. The molecule has 3 N–H and O–H groups in total. The monoisotopic (exact) mass is 450 g/mol. The van der Waals surface area contributed by atoms with Crippen LogP contribution in [0.2, 0.25) is 0 Å². The summed E-state index contributed by atoms with van der Waals surface area (Å²) in [5.41, 5.74) is 3.81. The van der Waals surface area contributed by atoms with Crippen molar-refractivity contribution in [1.29, 1.82) is 0 Å². The molecule has 0 heterocycles. The highest BCUT2D eigenvalue weighted by Gasteiger charge is 2.46. The first-order chi connectivity index (χ1) is 15.8. The SMILES string of the molecule is CC(CC(=O)O)NC(=O)C1(C)CCCC1NC(=O)OCC1c2ccccc2-c2ccccc21. The van der Waals surface area contributed by atoms with Crippen molar-refractivity contribution in [2.45, 2.75) is 57.5 Å². The zero-order valence-electron chi connectivity index (χ0n) is 19.0. The number of alkyl carbamates (subject to hydrolysis) is 1. The van der Waals surface area contributed by atoms with Crippen LogP contribution in [0.3, 0.4) is 0 Å². The van der Waals surface area contributed by atoms with Crippen LogP contribution < -0.4 is 10.6 Å². The van der Waals surface area contributed by atoms with Crippen LogP contribution in [0.1, 0.15) is 56.6 Å². The zero-order valence-corrected chi connectivity index (χ0v) is 19.0. The fourth-order valence-corrected chi connectivity index (χ4v) is 5.15. The third kappa shape index (κ3) is 4.58. The normalized spacial score (nSPS) is 22.2. The van der Waals surface area contributed by atoms with Gasteiger partial charge < -0.3 is 20.5 Å². The topological polar surface area (TPSA) is 105 Å². The predicted molar refractivity (Wildman–Crippen MR) is 124 cm³/mol. The fourth-order valence-electron chi connectivity index (χ4n) is 5.15. The Morgan fingerprint density at radius 3 is 2.30 bits per heavy atom. The molecule has 3 atom stereocenters. The van der Waals surface area contributed by atoms with Crippen molar-refractivity contribution >= 4 is 18.0 Å². The van der Waals surface area contributed by atoms with Gasteiger partial charge in [0, 0.05) is 18.0 Å². The highest BCUT2D eigenvalue weighted by atomic mass is 16.5. The summed E-state index contributed by atoms with van der Waals surface area (Å²) in [6, 6.07) is 15.5. The summed E-state index contributed by atoms with van der Waals surface area (Å²) >= 11 is 0. The molecule has 7 nitrogen and oxygen atoms in total. The number of fused-ring (bicyclic) bond motifs is 3. The van der Waals surface area contributed by atoms with Crippen molar-refractivity contribution in [3.63, 3.8) is 0 Å². The van der Waals surface area contributed by atoms with Gasteiger partial charge in [-0.1, -0.05) is 55.0 Å². The van der Waals surface area contributed by atoms with Crippen molar-refractivity contribution in [3.8, 4) is 11.1 Å². The number of carbonyl (C=O) groups is 3. The lowest BCUT2D eigenvalue weighted by Crippen LogP contribution is -2.53. The smallest absolute Gasteiger partial charge is 0.407 e. The molecule has 0 radical (unpaired) electrons. The first-order valence-corrected chi connectivity index (χ1v) is 11.4. The minimum absolute atomic E-state index is 0.0294. The van der Waals surface area contributed by atoms with E-state index in [-0.39, 0.29) is 30.9 Å². The van der Waals surface area contributed by atoms with Crippen LogP contribution in [0.25, 0.3) is 11.1 Å². The first kappa shape index (κ1) is 22.8. The minimum Gasteiger partial charge on any atom is -0.481 e. The molecular weight excluding hydrogens is 420 g/mol. The van der Waals surface area contributed by atoms with E-state index >= 15 is 0 Å². The van der Waals surface area contributed by atoms with Gasteiger partial charge in [-0.2, -0.15) is 0 Å². The van der Waals surface area contributed by atoms with Gasteiger partial charge in [-0.15, -0.1) is 0 Å².